The molecule has 0 spiro atoms. The molecule has 5 nitrogen and oxygen atoms in total. The fourth-order valence-electron chi connectivity index (χ4n) is 2.59. The molecule has 1 atom stereocenters. The minimum Gasteiger partial charge on any atom is -0.444 e. The van der Waals surface area contributed by atoms with Gasteiger partial charge in [0, 0.05) is 19.5 Å². The van der Waals surface area contributed by atoms with Crippen molar-refractivity contribution < 1.29 is 14.3 Å². The van der Waals surface area contributed by atoms with Gasteiger partial charge in [-0.15, -0.1) is 0 Å². The van der Waals surface area contributed by atoms with Gasteiger partial charge in [0.05, 0.1) is 0 Å². The molecule has 25 heavy (non-hydrogen) atoms. The highest BCUT2D eigenvalue weighted by Gasteiger charge is 2.27. The Balaban J connectivity index is 2.92. The maximum atomic E-state index is 13.0. The molecule has 0 bridgehead atoms. The fourth-order valence-corrected chi connectivity index (χ4v) is 2.59. The summed E-state index contributed by atoms with van der Waals surface area (Å²) in [4.78, 5) is 27.0. The second-order valence-electron chi connectivity index (χ2n) is 7.21. The summed E-state index contributed by atoms with van der Waals surface area (Å²) in [6.07, 6.45) is 1.66. The Kier molecular flexibility index (Phi) is 8.46. The Morgan fingerprint density at radius 1 is 1.08 bits per heavy atom. The molecule has 0 aliphatic rings. The van der Waals surface area contributed by atoms with Gasteiger partial charge in [-0.05, 0) is 39.2 Å². The number of ether oxygens (including phenoxy) is 1. The highest BCUT2D eigenvalue weighted by atomic mass is 16.6. The third kappa shape index (κ3) is 8.05. The third-order valence-electron chi connectivity index (χ3n) is 3.57. The molecule has 0 saturated carbocycles. The van der Waals surface area contributed by atoms with Crippen molar-refractivity contribution in [2.24, 2.45) is 0 Å². The van der Waals surface area contributed by atoms with Gasteiger partial charge in [-0.2, -0.15) is 0 Å². The summed E-state index contributed by atoms with van der Waals surface area (Å²) in [5.74, 6) is -0.0570. The summed E-state index contributed by atoms with van der Waals surface area (Å²) in [6, 6.07) is 9.08. The molecule has 1 N–H and O–H groups in total. The molecular weight excluding hydrogens is 316 g/mol. The number of nitrogens with one attached hydrogen (secondary N) is 1. The molecule has 0 saturated heterocycles. The van der Waals surface area contributed by atoms with Crippen LogP contribution in [0.1, 0.15) is 53.0 Å². The van der Waals surface area contributed by atoms with Crippen molar-refractivity contribution >= 4 is 12.0 Å². The van der Waals surface area contributed by atoms with E-state index in [1.807, 2.05) is 49.1 Å². The van der Waals surface area contributed by atoms with Crippen LogP contribution in [-0.2, 0) is 16.0 Å². The number of carbonyl (C=O) groups excluding carboxylic acids is 2. The molecule has 0 radical (unpaired) electrons. The molecule has 0 heterocycles. The molecule has 1 aromatic rings. The first-order valence-electron chi connectivity index (χ1n) is 9.09. The quantitative estimate of drug-likeness (QED) is 0.778. The van der Waals surface area contributed by atoms with E-state index >= 15 is 0 Å². The molecule has 0 aromatic heterocycles. The highest BCUT2D eigenvalue weighted by molar-refractivity contribution is 5.86. The number of rotatable bonds is 8. The van der Waals surface area contributed by atoms with Crippen LogP contribution < -0.4 is 5.32 Å². The van der Waals surface area contributed by atoms with Gasteiger partial charge in [-0.25, -0.2) is 4.79 Å². The summed E-state index contributed by atoms with van der Waals surface area (Å²) in [5, 5.41) is 2.77. The van der Waals surface area contributed by atoms with E-state index in [0.717, 1.165) is 18.4 Å². The number of hydrogen-bond acceptors (Lipinski definition) is 3. The number of carbonyl (C=O) groups is 2. The standard InChI is InChI=1S/C20H32N2O3/c1-6-13-22(14-7-2)18(23)17(15-16-11-9-8-10-12-16)21-19(24)25-20(3,4)5/h8-12,17H,6-7,13-15H2,1-5H3,(H,21,24). The van der Waals surface area contributed by atoms with Crippen molar-refractivity contribution in [1.82, 2.24) is 10.2 Å². The van der Waals surface area contributed by atoms with Crippen LogP contribution in [0.25, 0.3) is 0 Å². The molecule has 1 aromatic carbocycles. The topological polar surface area (TPSA) is 58.6 Å². The summed E-state index contributed by atoms with van der Waals surface area (Å²) >= 11 is 0. The SMILES string of the molecule is CCCN(CCC)C(=O)C(Cc1ccccc1)NC(=O)OC(C)(C)C. The van der Waals surface area contributed by atoms with Crippen molar-refractivity contribution in [2.45, 2.75) is 65.5 Å². The van der Waals surface area contributed by atoms with E-state index < -0.39 is 17.7 Å². The fraction of sp³-hybridized carbons (Fsp3) is 0.600. The van der Waals surface area contributed by atoms with Crippen molar-refractivity contribution in [1.29, 1.82) is 0 Å². The van der Waals surface area contributed by atoms with Gasteiger partial charge in [0.1, 0.15) is 11.6 Å². The predicted octanol–water partition coefficient (Wildman–Crippen LogP) is 3.77. The van der Waals surface area contributed by atoms with Gasteiger partial charge in [-0.1, -0.05) is 44.2 Å². The van der Waals surface area contributed by atoms with Crippen molar-refractivity contribution in [3.05, 3.63) is 35.9 Å². The summed E-state index contributed by atoms with van der Waals surface area (Å²) in [5.41, 5.74) is 0.404. The second-order valence-corrected chi connectivity index (χ2v) is 7.21. The lowest BCUT2D eigenvalue weighted by Crippen LogP contribution is -2.51. The smallest absolute Gasteiger partial charge is 0.408 e. The van der Waals surface area contributed by atoms with Crippen LogP contribution in [0.3, 0.4) is 0 Å². The van der Waals surface area contributed by atoms with Crippen LogP contribution in [0.4, 0.5) is 4.79 Å². The van der Waals surface area contributed by atoms with Crippen molar-refractivity contribution in [2.75, 3.05) is 13.1 Å². The minimum absolute atomic E-state index is 0.0570. The monoisotopic (exact) mass is 348 g/mol. The van der Waals surface area contributed by atoms with E-state index in [9.17, 15) is 9.59 Å². The number of amides is 2. The average Bonchev–Trinajstić information content (AvgIpc) is 2.52. The zero-order valence-corrected chi connectivity index (χ0v) is 16.2. The van der Waals surface area contributed by atoms with Crippen molar-refractivity contribution in [3.8, 4) is 0 Å². The van der Waals surface area contributed by atoms with Gasteiger partial charge < -0.3 is 15.0 Å². The first kappa shape index (κ1) is 21.0. The van der Waals surface area contributed by atoms with E-state index in [-0.39, 0.29) is 5.91 Å². The molecule has 0 fully saturated rings. The van der Waals surface area contributed by atoms with Gasteiger partial charge in [0.25, 0.3) is 0 Å². The van der Waals surface area contributed by atoms with Crippen LogP contribution in [0.15, 0.2) is 30.3 Å². The molecule has 2 amide bonds. The molecule has 5 heteroatoms. The summed E-state index contributed by atoms with van der Waals surface area (Å²) < 4.78 is 5.33. The first-order chi connectivity index (χ1) is 11.8. The molecule has 1 rings (SSSR count). The number of alkyl carbamates (subject to hydrolysis) is 1. The maximum absolute atomic E-state index is 13.0. The van der Waals surface area contributed by atoms with Crippen LogP contribution in [0.2, 0.25) is 0 Å². The first-order valence-corrected chi connectivity index (χ1v) is 9.09. The second kappa shape index (κ2) is 10.1. The van der Waals surface area contributed by atoms with Gasteiger partial charge in [-0.3, -0.25) is 4.79 Å². The molecule has 140 valence electrons. The van der Waals surface area contributed by atoms with E-state index in [1.165, 1.54) is 0 Å². The van der Waals surface area contributed by atoms with E-state index in [4.69, 9.17) is 4.74 Å². The summed E-state index contributed by atoms with van der Waals surface area (Å²) in [7, 11) is 0. The predicted molar refractivity (Wildman–Crippen MR) is 100 cm³/mol. The lowest BCUT2D eigenvalue weighted by atomic mass is 10.0. The van der Waals surface area contributed by atoms with Gasteiger partial charge in [0.2, 0.25) is 5.91 Å². The Labute approximate surface area is 151 Å². The van der Waals surface area contributed by atoms with Crippen LogP contribution >= 0.6 is 0 Å². The Morgan fingerprint density at radius 2 is 1.64 bits per heavy atom. The normalized spacial score (nSPS) is 12.4. The summed E-state index contributed by atoms with van der Waals surface area (Å²) in [6.45, 7) is 10.9. The van der Waals surface area contributed by atoms with Gasteiger partial charge in [0.15, 0.2) is 0 Å². The number of benzene rings is 1. The molecular formula is C20H32N2O3. The number of hydrogen-bond donors (Lipinski definition) is 1. The highest BCUT2D eigenvalue weighted by Crippen LogP contribution is 2.10. The Morgan fingerprint density at radius 3 is 2.12 bits per heavy atom. The minimum atomic E-state index is -0.629. The van der Waals surface area contributed by atoms with Crippen molar-refractivity contribution in [3.63, 3.8) is 0 Å². The lowest BCUT2D eigenvalue weighted by Gasteiger charge is -2.28. The van der Waals surface area contributed by atoms with Crippen LogP contribution in [0, 0.1) is 0 Å². The van der Waals surface area contributed by atoms with Crippen LogP contribution in [-0.4, -0.2) is 41.6 Å². The largest absolute Gasteiger partial charge is 0.444 e. The molecule has 0 aliphatic carbocycles. The van der Waals surface area contributed by atoms with Gasteiger partial charge >= 0.3 is 6.09 Å². The Hall–Kier alpha value is -2.04. The van der Waals surface area contributed by atoms with Crippen LogP contribution in [0.5, 0.6) is 0 Å². The third-order valence-corrected chi connectivity index (χ3v) is 3.57. The van der Waals surface area contributed by atoms with E-state index in [2.05, 4.69) is 5.32 Å². The Bertz CT molecular complexity index is 532. The number of nitrogens with zero attached hydrogens (tertiary/aromatic N) is 1. The molecule has 0 aliphatic heterocycles. The average molecular weight is 348 g/mol. The molecule has 1 unspecified atom stereocenters. The maximum Gasteiger partial charge on any atom is 0.408 e. The van der Waals surface area contributed by atoms with E-state index in [1.54, 1.807) is 20.8 Å². The lowest BCUT2D eigenvalue weighted by molar-refractivity contribution is -0.133. The zero-order chi connectivity index (χ0) is 18.9. The van der Waals surface area contributed by atoms with E-state index in [0.29, 0.717) is 19.5 Å². The zero-order valence-electron chi connectivity index (χ0n) is 16.2.